The highest BCUT2D eigenvalue weighted by molar-refractivity contribution is 5.98. The van der Waals surface area contributed by atoms with Gasteiger partial charge in [-0.25, -0.2) is 9.78 Å². The number of fused-ring (bicyclic) bond motifs is 4. The van der Waals surface area contributed by atoms with E-state index < -0.39 is 12.2 Å². The van der Waals surface area contributed by atoms with Gasteiger partial charge in [0.25, 0.3) is 0 Å². The zero-order valence-electron chi connectivity index (χ0n) is 18.4. The van der Waals surface area contributed by atoms with E-state index in [9.17, 15) is 4.79 Å². The van der Waals surface area contributed by atoms with E-state index in [1.54, 1.807) is 13.2 Å². The third kappa shape index (κ3) is 3.43. The second kappa shape index (κ2) is 8.33. The van der Waals surface area contributed by atoms with Gasteiger partial charge in [0.15, 0.2) is 11.5 Å². The van der Waals surface area contributed by atoms with E-state index in [2.05, 4.69) is 20.9 Å². The molecule has 1 N–H and O–H groups in total. The molecule has 0 saturated carbocycles. The van der Waals surface area contributed by atoms with Crippen LogP contribution in [-0.2, 0) is 22.6 Å². The van der Waals surface area contributed by atoms with Crippen LogP contribution in [0, 0.1) is 0 Å². The van der Waals surface area contributed by atoms with E-state index in [0.29, 0.717) is 29.2 Å². The molecule has 0 spiro atoms. The molecule has 32 heavy (non-hydrogen) atoms. The first-order valence-electron chi connectivity index (χ1n) is 10.6. The van der Waals surface area contributed by atoms with Crippen LogP contribution in [0.1, 0.15) is 28.0 Å². The molecule has 3 aromatic rings. The molecular formula is C23H26N4O5. The summed E-state index contributed by atoms with van der Waals surface area (Å²) in [4.78, 5) is 19.7. The minimum Gasteiger partial charge on any atom is -0.493 e. The Morgan fingerprint density at radius 1 is 1.16 bits per heavy atom. The maximum Gasteiger partial charge on any atom is 0.344 e. The molecule has 0 radical (unpaired) electrons. The van der Waals surface area contributed by atoms with Crippen molar-refractivity contribution in [2.24, 2.45) is 0 Å². The molecule has 2 aromatic carbocycles. The average molecular weight is 438 g/mol. The van der Waals surface area contributed by atoms with Crippen molar-refractivity contribution >= 4 is 22.7 Å². The number of nitrogens with one attached hydrogen (secondary N) is 1. The van der Waals surface area contributed by atoms with Crippen LogP contribution in [0.2, 0.25) is 0 Å². The SMILES string of the molecule is COCCN1CCn2c(nc3cc(N[C@H]4OC(=O)c5c4ccc(OC)c5OC)ccc32)C1. The van der Waals surface area contributed by atoms with Gasteiger partial charge in [0.05, 0.1) is 38.4 Å². The number of hydrogen-bond donors (Lipinski definition) is 1. The second-order valence-electron chi connectivity index (χ2n) is 7.85. The van der Waals surface area contributed by atoms with Crippen LogP contribution in [0.4, 0.5) is 5.69 Å². The molecule has 9 heteroatoms. The summed E-state index contributed by atoms with van der Waals surface area (Å²) in [6, 6.07) is 9.64. The molecule has 1 atom stereocenters. The third-order valence-corrected chi connectivity index (χ3v) is 6.03. The highest BCUT2D eigenvalue weighted by Crippen LogP contribution is 2.42. The fraction of sp³-hybridized carbons (Fsp3) is 0.391. The maximum absolute atomic E-state index is 12.5. The van der Waals surface area contributed by atoms with Gasteiger partial charge in [-0.3, -0.25) is 4.90 Å². The van der Waals surface area contributed by atoms with Crippen molar-refractivity contribution < 1.29 is 23.7 Å². The number of benzene rings is 2. The van der Waals surface area contributed by atoms with Crippen LogP contribution in [0.15, 0.2) is 30.3 Å². The highest BCUT2D eigenvalue weighted by atomic mass is 16.6. The van der Waals surface area contributed by atoms with Crippen LogP contribution in [0.3, 0.4) is 0 Å². The predicted octanol–water partition coefficient (Wildman–Crippen LogP) is 2.80. The monoisotopic (exact) mass is 438 g/mol. The number of esters is 1. The molecule has 0 fully saturated rings. The molecule has 0 aliphatic carbocycles. The number of nitrogens with zero attached hydrogens (tertiary/aromatic N) is 3. The Morgan fingerprint density at radius 3 is 2.81 bits per heavy atom. The smallest absolute Gasteiger partial charge is 0.344 e. The molecule has 5 rings (SSSR count). The first kappa shape index (κ1) is 20.6. The van der Waals surface area contributed by atoms with Crippen molar-refractivity contribution in [3.63, 3.8) is 0 Å². The number of rotatable bonds is 7. The Hall–Kier alpha value is -3.30. The Balaban J connectivity index is 1.40. The predicted molar refractivity (Wildman–Crippen MR) is 118 cm³/mol. The second-order valence-corrected chi connectivity index (χ2v) is 7.85. The van der Waals surface area contributed by atoms with Crippen LogP contribution in [-0.4, -0.2) is 61.4 Å². The minimum atomic E-state index is -0.614. The quantitative estimate of drug-likeness (QED) is 0.564. The van der Waals surface area contributed by atoms with Crippen LogP contribution >= 0.6 is 0 Å². The van der Waals surface area contributed by atoms with Gasteiger partial charge in [-0.05, 0) is 30.3 Å². The van der Waals surface area contributed by atoms with Gasteiger partial charge in [0, 0.05) is 38.0 Å². The van der Waals surface area contributed by atoms with E-state index >= 15 is 0 Å². The number of methoxy groups -OCH3 is 3. The van der Waals surface area contributed by atoms with E-state index in [0.717, 1.165) is 48.7 Å². The summed E-state index contributed by atoms with van der Waals surface area (Å²) in [7, 11) is 4.77. The third-order valence-electron chi connectivity index (χ3n) is 6.03. The summed E-state index contributed by atoms with van der Waals surface area (Å²) < 4.78 is 23.8. The Labute approximate surface area is 185 Å². The van der Waals surface area contributed by atoms with Gasteiger partial charge in [0.2, 0.25) is 6.23 Å². The molecule has 0 unspecified atom stereocenters. The van der Waals surface area contributed by atoms with Crippen LogP contribution in [0.5, 0.6) is 11.5 Å². The summed E-state index contributed by atoms with van der Waals surface area (Å²) >= 11 is 0. The molecule has 1 aromatic heterocycles. The summed E-state index contributed by atoms with van der Waals surface area (Å²) in [5.74, 6) is 1.49. The van der Waals surface area contributed by atoms with Crippen molar-refractivity contribution in [1.29, 1.82) is 0 Å². The number of carbonyl (C=O) groups excluding carboxylic acids is 1. The average Bonchev–Trinajstić information content (AvgIpc) is 3.33. The lowest BCUT2D eigenvalue weighted by Crippen LogP contribution is -2.35. The van der Waals surface area contributed by atoms with Gasteiger partial charge >= 0.3 is 5.97 Å². The zero-order chi connectivity index (χ0) is 22.2. The van der Waals surface area contributed by atoms with Gasteiger partial charge < -0.3 is 28.8 Å². The normalized spacial score (nSPS) is 17.7. The molecule has 2 aliphatic rings. The molecule has 3 heterocycles. The molecular weight excluding hydrogens is 412 g/mol. The van der Waals surface area contributed by atoms with Crippen molar-refractivity contribution in [3.05, 3.63) is 47.3 Å². The van der Waals surface area contributed by atoms with Crippen molar-refractivity contribution in [2.75, 3.05) is 46.3 Å². The molecule has 2 aliphatic heterocycles. The van der Waals surface area contributed by atoms with Crippen molar-refractivity contribution in [1.82, 2.24) is 14.5 Å². The molecule has 0 saturated heterocycles. The maximum atomic E-state index is 12.5. The number of cyclic esters (lactones) is 1. The van der Waals surface area contributed by atoms with Gasteiger partial charge in [0.1, 0.15) is 11.4 Å². The summed E-state index contributed by atoms with van der Waals surface area (Å²) in [6.45, 7) is 4.29. The Morgan fingerprint density at radius 2 is 2.03 bits per heavy atom. The summed E-state index contributed by atoms with van der Waals surface area (Å²) in [6.07, 6.45) is -0.614. The molecule has 9 nitrogen and oxygen atoms in total. The number of anilines is 1. The minimum absolute atomic E-state index is 0.384. The summed E-state index contributed by atoms with van der Waals surface area (Å²) in [5, 5.41) is 3.31. The Kier molecular flexibility index (Phi) is 5.36. The number of ether oxygens (including phenoxy) is 4. The largest absolute Gasteiger partial charge is 0.493 e. The van der Waals surface area contributed by atoms with Crippen molar-refractivity contribution in [2.45, 2.75) is 19.3 Å². The number of hydrogen-bond acceptors (Lipinski definition) is 8. The van der Waals surface area contributed by atoms with Crippen LogP contribution in [0.25, 0.3) is 11.0 Å². The lowest BCUT2D eigenvalue weighted by Gasteiger charge is -2.27. The Bertz CT molecular complexity index is 1170. The summed E-state index contributed by atoms with van der Waals surface area (Å²) in [5.41, 5.74) is 3.94. The number of aromatic nitrogens is 2. The fourth-order valence-electron chi connectivity index (χ4n) is 4.43. The van der Waals surface area contributed by atoms with Crippen LogP contribution < -0.4 is 14.8 Å². The molecule has 168 valence electrons. The van der Waals surface area contributed by atoms with Gasteiger partial charge in [-0.15, -0.1) is 0 Å². The number of carbonyl (C=O) groups is 1. The highest BCUT2D eigenvalue weighted by Gasteiger charge is 2.36. The standard InChI is InChI=1S/C23H26N4O5/c1-29-11-10-26-8-9-27-17-6-4-14(12-16(17)25-19(27)13-26)24-22-15-5-7-18(30-2)21(31-3)20(15)23(28)32-22/h4-7,12,22,24H,8-11,13H2,1-3H3/t22-/m0/s1. The van der Waals surface area contributed by atoms with Crippen molar-refractivity contribution in [3.8, 4) is 11.5 Å². The van der Waals surface area contributed by atoms with Gasteiger partial charge in [-0.2, -0.15) is 0 Å². The lowest BCUT2D eigenvalue weighted by molar-refractivity contribution is 0.0435. The first-order chi connectivity index (χ1) is 15.6. The lowest BCUT2D eigenvalue weighted by atomic mass is 10.1. The van der Waals surface area contributed by atoms with Gasteiger partial charge in [-0.1, -0.05) is 0 Å². The molecule has 0 amide bonds. The van der Waals surface area contributed by atoms with E-state index in [-0.39, 0.29) is 0 Å². The first-order valence-corrected chi connectivity index (χ1v) is 10.6. The van der Waals surface area contributed by atoms with E-state index in [4.69, 9.17) is 23.9 Å². The molecule has 0 bridgehead atoms. The number of imidazole rings is 1. The van der Waals surface area contributed by atoms with E-state index in [1.807, 2.05) is 18.2 Å². The topological polar surface area (TPSA) is 87.1 Å². The fourth-order valence-corrected chi connectivity index (χ4v) is 4.43. The van der Waals surface area contributed by atoms with E-state index in [1.165, 1.54) is 14.2 Å². The zero-order valence-corrected chi connectivity index (χ0v) is 18.4.